The molecule has 0 saturated heterocycles. The van der Waals surface area contributed by atoms with Gasteiger partial charge in [-0.3, -0.25) is 0 Å². The van der Waals surface area contributed by atoms with Crippen LogP contribution in [0.4, 0.5) is 0 Å². The van der Waals surface area contributed by atoms with E-state index in [1.165, 1.54) is 37.7 Å². The lowest BCUT2D eigenvalue weighted by Gasteiger charge is -2.33. The smallest absolute Gasteiger partial charge is 0.0438 e. The molecule has 1 aliphatic rings. The second-order valence-corrected chi connectivity index (χ2v) is 7.63. The van der Waals surface area contributed by atoms with Gasteiger partial charge in [-0.15, -0.1) is 0 Å². The van der Waals surface area contributed by atoms with Crippen molar-refractivity contribution in [1.82, 2.24) is 5.32 Å². The Hall–Kier alpha value is -0.530. The highest BCUT2D eigenvalue weighted by molar-refractivity contribution is 6.31. The number of halogens is 1. The minimum atomic E-state index is 0.493. The van der Waals surface area contributed by atoms with Gasteiger partial charge in [-0.1, -0.05) is 56.5 Å². The van der Waals surface area contributed by atoms with Crippen molar-refractivity contribution in [1.29, 1.82) is 0 Å². The first-order valence-corrected chi connectivity index (χ1v) is 8.91. The van der Waals surface area contributed by atoms with E-state index in [9.17, 15) is 0 Å². The molecule has 1 saturated carbocycles. The van der Waals surface area contributed by atoms with Crippen molar-refractivity contribution in [3.8, 4) is 0 Å². The zero-order valence-electron chi connectivity index (χ0n) is 13.7. The average Bonchev–Trinajstić information content (AvgIpc) is 2.41. The molecular weight excluding hydrogens is 278 g/mol. The lowest BCUT2D eigenvalue weighted by molar-refractivity contribution is 0.242. The second kappa shape index (κ2) is 8.19. The van der Waals surface area contributed by atoms with E-state index in [-0.39, 0.29) is 0 Å². The first-order valence-electron chi connectivity index (χ1n) is 8.54. The van der Waals surface area contributed by atoms with Crippen LogP contribution >= 0.6 is 11.6 Å². The number of nitrogens with one attached hydrogen (secondary N) is 1. The molecule has 1 aromatic carbocycles. The van der Waals surface area contributed by atoms with Crippen LogP contribution < -0.4 is 5.32 Å². The Morgan fingerprint density at radius 2 is 1.95 bits per heavy atom. The third-order valence-electron chi connectivity index (χ3n) is 4.59. The van der Waals surface area contributed by atoms with Gasteiger partial charge in [-0.2, -0.15) is 0 Å². The van der Waals surface area contributed by atoms with Crippen LogP contribution in [-0.4, -0.2) is 12.1 Å². The summed E-state index contributed by atoms with van der Waals surface area (Å²) in [7, 11) is 0. The van der Waals surface area contributed by atoms with Gasteiger partial charge in [0.15, 0.2) is 0 Å². The molecule has 1 N–H and O–H groups in total. The van der Waals surface area contributed by atoms with Gasteiger partial charge < -0.3 is 5.32 Å². The normalized spacial score (nSPS) is 24.2. The molecule has 1 nitrogen and oxygen atoms in total. The molecular formula is C19H30ClN. The molecule has 21 heavy (non-hydrogen) atoms. The molecule has 0 amide bonds. The van der Waals surface area contributed by atoms with E-state index >= 15 is 0 Å². The molecule has 0 aromatic heterocycles. The van der Waals surface area contributed by atoms with Crippen LogP contribution in [-0.2, 0) is 6.42 Å². The van der Waals surface area contributed by atoms with Crippen LogP contribution in [0.25, 0.3) is 0 Å². The molecule has 0 bridgehead atoms. The predicted molar refractivity (Wildman–Crippen MR) is 93.0 cm³/mol. The standard InChI is InChI=1S/C19H30ClN/c1-14(2)11-16-7-6-9-18(13-16)21-15(3)12-17-8-4-5-10-19(17)20/h4-5,8,10,14-16,18,21H,6-7,9,11-13H2,1-3H3. The fourth-order valence-electron chi connectivity index (χ4n) is 3.78. The maximum Gasteiger partial charge on any atom is 0.0438 e. The van der Waals surface area contributed by atoms with Gasteiger partial charge in [0.05, 0.1) is 0 Å². The van der Waals surface area contributed by atoms with E-state index in [0.29, 0.717) is 12.1 Å². The molecule has 3 atom stereocenters. The monoisotopic (exact) mass is 307 g/mol. The number of hydrogen-bond donors (Lipinski definition) is 1. The van der Waals surface area contributed by atoms with Gasteiger partial charge in [0, 0.05) is 17.1 Å². The Morgan fingerprint density at radius 1 is 1.19 bits per heavy atom. The third kappa shape index (κ3) is 5.64. The summed E-state index contributed by atoms with van der Waals surface area (Å²) in [5.74, 6) is 1.75. The zero-order valence-corrected chi connectivity index (χ0v) is 14.5. The summed E-state index contributed by atoms with van der Waals surface area (Å²) in [5.41, 5.74) is 1.26. The molecule has 2 heteroatoms. The van der Waals surface area contributed by atoms with Crippen molar-refractivity contribution in [3.63, 3.8) is 0 Å². The molecule has 0 aliphatic heterocycles. The maximum absolute atomic E-state index is 6.26. The quantitative estimate of drug-likeness (QED) is 0.735. The lowest BCUT2D eigenvalue weighted by atomic mass is 9.81. The van der Waals surface area contributed by atoms with Crippen LogP contribution in [0.3, 0.4) is 0 Å². The summed E-state index contributed by atoms with van der Waals surface area (Å²) in [4.78, 5) is 0. The van der Waals surface area contributed by atoms with Crippen molar-refractivity contribution >= 4 is 11.6 Å². The third-order valence-corrected chi connectivity index (χ3v) is 4.96. The Kier molecular flexibility index (Phi) is 6.57. The molecule has 1 aromatic rings. The van der Waals surface area contributed by atoms with Crippen LogP contribution in [0.15, 0.2) is 24.3 Å². The summed E-state index contributed by atoms with van der Waals surface area (Å²) >= 11 is 6.26. The molecule has 1 fully saturated rings. The van der Waals surface area contributed by atoms with Crippen molar-refractivity contribution in [2.24, 2.45) is 11.8 Å². The Bertz CT molecular complexity index is 429. The molecule has 0 radical (unpaired) electrons. The van der Waals surface area contributed by atoms with Gasteiger partial charge in [-0.05, 0) is 56.1 Å². The molecule has 2 rings (SSSR count). The molecule has 1 aliphatic carbocycles. The van der Waals surface area contributed by atoms with Crippen LogP contribution in [0, 0.1) is 11.8 Å². The summed E-state index contributed by atoms with van der Waals surface area (Å²) in [6.45, 7) is 6.98. The molecule has 0 heterocycles. The van der Waals surface area contributed by atoms with Crippen LogP contribution in [0.5, 0.6) is 0 Å². The van der Waals surface area contributed by atoms with Crippen molar-refractivity contribution < 1.29 is 0 Å². The summed E-state index contributed by atoms with van der Waals surface area (Å²) < 4.78 is 0. The van der Waals surface area contributed by atoms with Gasteiger partial charge >= 0.3 is 0 Å². The predicted octanol–water partition coefficient (Wildman–Crippen LogP) is 5.47. The SMILES string of the molecule is CC(C)CC1CCCC(NC(C)Cc2ccccc2Cl)C1. The van der Waals surface area contributed by atoms with E-state index < -0.39 is 0 Å². The summed E-state index contributed by atoms with van der Waals surface area (Å²) in [6, 6.07) is 9.40. The summed E-state index contributed by atoms with van der Waals surface area (Å²) in [5, 5.41) is 4.73. The van der Waals surface area contributed by atoms with Crippen molar-refractivity contribution in [2.45, 2.75) is 71.4 Å². The maximum atomic E-state index is 6.26. The number of hydrogen-bond acceptors (Lipinski definition) is 1. The topological polar surface area (TPSA) is 12.0 Å². The second-order valence-electron chi connectivity index (χ2n) is 7.22. The van der Waals surface area contributed by atoms with E-state index in [1.54, 1.807) is 0 Å². The Labute approximate surface area is 135 Å². The number of rotatable bonds is 6. The number of benzene rings is 1. The van der Waals surface area contributed by atoms with E-state index in [1.807, 2.05) is 12.1 Å². The minimum Gasteiger partial charge on any atom is -0.311 e. The fourth-order valence-corrected chi connectivity index (χ4v) is 3.99. The Morgan fingerprint density at radius 3 is 2.67 bits per heavy atom. The highest BCUT2D eigenvalue weighted by Gasteiger charge is 2.23. The van der Waals surface area contributed by atoms with Gasteiger partial charge in [0.1, 0.15) is 0 Å². The largest absolute Gasteiger partial charge is 0.311 e. The van der Waals surface area contributed by atoms with Gasteiger partial charge in [0.2, 0.25) is 0 Å². The average molecular weight is 308 g/mol. The fraction of sp³-hybridized carbons (Fsp3) is 0.684. The highest BCUT2D eigenvalue weighted by atomic mass is 35.5. The van der Waals surface area contributed by atoms with Gasteiger partial charge in [-0.25, -0.2) is 0 Å². The van der Waals surface area contributed by atoms with Crippen LogP contribution in [0.1, 0.15) is 58.4 Å². The van der Waals surface area contributed by atoms with Crippen molar-refractivity contribution in [2.75, 3.05) is 0 Å². The molecule has 0 spiro atoms. The van der Waals surface area contributed by atoms with E-state index in [0.717, 1.165) is 23.3 Å². The highest BCUT2D eigenvalue weighted by Crippen LogP contribution is 2.29. The molecule has 3 unspecified atom stereocenters. The van der Waals surface area contributed by atoms with E-state index in [2.05, 4.69) is 38.2 Å². The van der Waals surface area contributed by atoms with E-state index in [4.69, 9.17) is 11.6 Å². The first-order chi connectivity index (χ1) is 10.0. The zero-order chi connectivity index (χ0) is 15.2. The van der Waals surface area contributed by atoms with Crippen LogP contribution in [0.2, 0.25) is 5.02 Å². The Balaban J connectivity index is 1.82. The van der Waals surface area contributed by atoms with Crippen molar-refractivity contribution in [3.05, 3.63) is 34.9 Å². The minimum absolute atomic E-state index is 0.493. The first kappa shape index (κ1) is 16.8. The van der Waals surface area contributed by atoms with Gasteiger partial charge in [0.25, 0.3) is 0 Å². The lowest BCUT2D eigenvalue weighted by Crippen LogP contribution is -2.41. The molecule has 118 valence electrons. The summed E-state index contributed by atoms with van der Waals surface area (Å²) in [6.07, 6.45) is 7.90.